The molecule has 11 nitrogen and oxygen atoms in total. The normalized spacial score (nSPS) is 17.1. The topological polar surface area (TPSA) is 116 Å². The Balaban J connectivity index is 1.00. The molecule has 5 aromatic carbocycles. The summed E-state index contributed by atoms with van der Waals surface area (Å²) in [5.41, 5.74) is 0.883. The molecule has 2 atom stereocenters. The largest absolute Gasteiger partial charge is 0.501 e. The average molecular weight is 1050 g/mol. The van der Waals surface area contributed by atoms with Crippen LogP contribution < -0.4 is 19.8 Å². The molecular weight excluding hydrogens is 990 g/mol. The van der Waals surface area contributed by atoms with Crippen LogP contribution in [-0.2, 0) is 25.3 Å². The maximum Gasteiger partial charge on any atom is 0.501 e. The highest BCUT2D eigenvalue weighted by atomic mass is 35.5. The molecule has 2 saturated heterocycles. The highest BCUT2D eigenvalue weighted by Crippen LogP contribution is 2.56. The molecule has 0 unspecified atom stereocenters. The van der Waals surface area contributed by atoms with E-state index in [0.29, 0.717) is 66.9 Å². The minimum absolute atomic E-state index is 0.0127. The first-order valence-electron chi connectivity index (χ1n) is 23.5. The fourth-order valence-electron chi connectivity index (χ4n) is 9.64. The molecule has 2 aliphatic rings. The van der Waals surface area contributed by atoms with Crippen LogP contribution in [0.1, 0.15) is 47.9 Å². The van der Waals surface area contributed by atoms with Crippen molar-refractivity contribution in [2.24, 2.45) is 5.92 Å². The number of aromatic nitrogens is 1. The Morgan fingerprint density at radius 1 is 0.831 bits per heavy atom. The van der Waals surface area contributed by atoms with Crippen molar-refractivity contribution in [3.63, 3.8) is 0 Å². The van der Waals surface area contributed by atoms with Crippen molar-refractivity contribution >= 4 is 69.1 Å². The molecule has 2 fully saturated rings. The molecule has 1 N–H and O–H groups in total. The number of thioether (sulfide) groups is 1. The summed E-state index contributed by atoms with van der Waals surface area (Å²) in [5, 5.41) is 11.0. The van der Waals surface area contributed by atoms with E-state index in [4.69, 9.17) is 16.1 Å². The molecule has 0 aliphatic carbocycles. The van der Waals surface area contributed by atoms with Crippen molar-refractivity contribution in [2.75, 3.05) is 80.2 Å². The first-order valence-corrected chi connectivity index (χ1v) is 27.9. The van der Waals surface area contributed by atoms with Gasteiger partial charge in [0.25, 0.3) is 9.84 Å². The van der Waals surface area contributed by atoms with Crippen molar-refractivity contribution in [2.45, 2.75) is 55.0 Å². The van der Waals surface area contributed by atoms with Crippen molar-refractivity contribution in [3.8, 4) is 22.4 Å². The minimum atomic E-state index is -5.84. The standard InChI is InChI=1S/C53H58ClF3N5O6PS2/c1-36(2)62-37(3)49(52(63)64)50(51(62)39-14-17-42(54)18-15-39)41-10-9-11-45(33-41)60-28-26-59(27-29-60)43-19-21-44(22-20-43)61-30-31-68-69(61,65)46-23-16-40(48(34-46)71(66,67)53(55,56)57)32-38(24-25-58(4)5)35-70-47-12-7-6-8-13-47/h6-23,33-34,36,38H,24-32,35H2,1-5H3,(H,63,64)/t38-,69+/m0/s1. The van der Waals surface area contributed by atoms with Crippen LogP contribution in [0.5, 0.6) is 0 Å². The van der Waals surface area contributed by atoms with Gasteiger partial charge in [0, 0.05) is 76.2 Å². The number of carbonyl (C=O) groups is 1. The zero-order valence-electron chi connectivity index (χ0n) is 40.3. The molecule has 0 radical (unpaired) electrons. The maximum absolute atomic E-state index is 14.9. The van der Waals surface area contributed by atoms with Gasteiger partial charge in [0.15, 0.2) is 0 Å². The number of hydrogen-bond donors (Lipinski definition) is 1. The van der Waals surface area contributed by atoms with Crippen molar-refractivity contribution in [1.29, 1.82) is 0 Å². The van der Waals surface area contributed by atoms with Crippen molar-refractivity contribution in [1.82, 2.24) is 9.47 Å². The lowest BCUT2D eigenvalue weighted by molar-refractivity contribution is -0.0436. The molecule has 18 heteroatoms. The predicted octanol–water partition coefficient (Wildman–Crippen LogP) is 11.9. The minimum Gasteiger partial charge on any atom is -0.478 e. The second-order valence-corrected chi connectivity index (χ2v) is 24.2. The van der Waals surface area contributed by atoms with E-state index in [2.05, 4.69) is 20.4 Å². The summed E-state index contributed by atoms with van der Waals surface area (Å²) in [6.07, 6.45) is 0.690. The Morgan fingerprint density at radius 2 is 1.48 bits per heavy atom. The molecule has 0 spiro atoms. The predicted molar refractivity (Wildman–Crippen MR) is 281 cm³/mol. The number of anilines is 3. The van der Waals surface area contributed by atoms with Gasteiger partial charge in [-0.1, -0.05) is 60.1 Å². The average Bonchev–Trinajstić information content (AvgIpc) is 3.90. The first-order chi connectivity index (χ1) is 33.8. The number of halogens is 4. The second kappa shape index (κ2) is 21.5. The number of aromatic carboxylic acids is 1. The SMILES string of the molecule is Cc1c(C(=O)O)c(-c2cccc(N3CCN(c4ccc(N5CCO[P@]5(=O)c5ccc(C[C@H](CCN(C)C)CSc6ccccc6)c(S(=O)(=O)C(F)(F)F)c5)cc4)CC3)c2)c(-c2ccc(Cl)cc2)n1C(C)C. The van der Waals surface area contributed by atoms with Crippen LogP contribution in [-0.4, -0.2) is 100 Å². The Morgan fingerprint density at radius 3 is 2.10 bits per heavy atom. The lowest BCUT2D eigenvalue weighted by Crippen LogP contribution is -2.46. The summed E-state index contributed by atoms with van der Waals surface area (Å²) in [4.78, 5) is 19.5. The van der Waals surface area contributed by atoms with E-state index in [-0.39, 0.29) is 48.0 Å². The van der Waals surface area contributed by atoms with Gasteiger partial charge in [-0.25, -0.2) is 13.2 Å². The van der Waals surface area contributed by atoms with Gasteiger partial charge in [-0.2, -0.15) is 13.2 Å². The number of benzene rings is 5. The molecule has 1 aromatic heterocycles. The molecule has 0 bridgehead atoms. The van der Waals surface area contributed by atoms with Crippen molar-refractivity contribution in [3.05, 3.63) is 143 Å². The van der Waals surface area contributed by atoms with Gasteiger partial charge in [-0.15, -0.1) is 11.8 Å². The number of nitrogens with zero attached hydrogens (tertiary/aromatic N) is 5. The third-order valence-corrected chi connectivity index (χ3v) is 18.8. The third kappa shape index (κ3) is 11.1. The van der Waals surface area contributed by atoms with Crippen molar-refractivity contribution < 1.29 is 40.6 Å². The summed E-state index contributed by atoms with van der Waals surface area (Å²) in [5.74, 6) is -0.611. The van der Waals surface area contributed by atoms with Gasteiger partial charge in [-0.05, 0) is 150 Å². The fourth-order valence-corrected chi connectivity index (χ4v) is 14.2. The molecule has 6 aromatic rings. The van der Waals surface area contributed by atoms with E-state index in [1.807, 2.05) is 125 Å². The smallest absolute Gasteiger partial charge is 0.478 e. The van der Waals surface area contributed by atoms with Gasteiger partial charge < -0.3 is 28.9 Å². The van der Waals surface area contributed by atoms with Crippen LogP contribution >= 0.6 is 30.9 Å². The first kappa shape index (κ1) is 52.1. The van der Waals surface area contributed by atoms with Crippen LogP contribution in [0, 0.1) is 12.8 Å². The van der Waals surface area contributed by atoms with Gasteiger partial charge in [0.1, 0.15) is 0 Å². The Bertz CT molecular complexity index is 3020. The molecule has 2 aliphatic heterocycles. The number of piperazine rings is 1. The summed E-state index contributed by atoms with van der Waals surface area (Å²) in [6, 6.07) is 36.2. The molecule has 3 heterocycles. The Hall–Kier alpha value is -5.22. The van der Waals surface area contributed by atoms with E-state index >= 15 is 0 Å². The quantitative estimate of drug-likeness (QED) is 0.0695. The second-order valence-electron chi connectivity index (χ2n) is 18.5. The molecular formula is C53H58ClF3N5O6PS2. The van der Waals surface area contributed by atoms with E-state index < -0.39 is 33.7 Å². The number of sulfone groups is 1. The van der Waals surface area contributed by atoms with Crippen LogP contribution in [0.15, 0.2) is 131 Å². The van der Waals surface area contributed by atoms with E-state index in [1.54, 1.807) is 23.9 Å². The van der Waals surface area contributed by atoms with Gasteiger partial charge >= 0.3 is 19.0 Å². The fraction of sp³-hybridized carbons (Fsp3) is 0.340. The van der Waals surface area contributed by atoms with E-state index in [0.717, 1.165) is 39.2 Å². The maximum atomic E-state index is 14.9. The summed E-state index contributed by atoms with van der Waals surface area (Å²) in [7, 11) is -6.08. The number of hydrogen-bond acceptors (Lipinski definition) is 9. The van der Waals surface area contributed by atoms with Crippen LogP contribution in [0.2, 0.25) is 5.02 Å². The van der Waals surface area contributed by atoms with E-state index in [9.17, 15) is 36.1 Å². The van der Waals surface area contributed by atoms with Crippen LogP contribution in [0.3, 0.4) is 0 Å². The lowest BCUT2D eigenvalue weighted by Gasteiger charge is -2.37. The molecule has 0 amide bonds. The van der Waals surface area contributed by atoms with Crippen LogP contribution in [0.4, 0.5) is 30.2 Å². The van der Waals surface area contributed by atoms with Gasteiger partial charge in [-0.3, -0.25) is 9.24 Å². The highest BCUT2D eigenvalue weighted by molar-refractivity contribution is 7.99. The molecule has 8 rings (SSSR count). The van der Waals surface area contributed by atoms with Gasteiger partial charge in [0.05, 0.1) is 34.6 Å². The van der Waals surface area contributed by atoms with Crippen LogP contribution in [0.25, 0.3) is 22.4 Å². The molecule has 376 valence electrons. The third-order valence-electron chi connectivity index (χ3n) is 13.2. The summed E-state index contributed by atoms with van der Waals surface area (Å²) in [6.45, 7) is 9.45. The number of carboxylic acid groups (broad SMARTS) is 1. The zero-order valence-corrected chi connectivity index (χ0v) is 43.6. The molecule has 71 heavy (non-hydrogen) atoms. The Kier molecular flexibility index (Phi) is 15.8. The number of alkyl halides is 3. The van der Waals surface area contributed by atoms with E-state index in [1.165, 1.54) is 16.8 Å². The number of carboxylic acids is 1. The molecule has 0 saturated carbocycles. The Labute approximate surface area is 423 Å². The number of rotatable bonds is 17. The lowest BCUT2D eigenvalue weighted by atomic mass is 9.96. The monoisotopic (exact) mass is 1050 g/mol. The summed E-state index contributed by atoms with van der Waals surface area (Å²) >= 11 is 7.83. The summed E-state index contributed by atoms with van der Waals surface area (Å²) < 4.78 is 94.2. The van der Waals surface area contributed by atoms with Gasteiger partial charge in [0.2, 0.25) is 0 Å². The highest BCUT2D eigenvalue weighted by Gasteiger charge is 2.49. The zero-order chi connectivity index (χ0) is 50.8.